The van der Waals surface area contributed by atoms with E-state index in [1.165, 1.54) is 9.13 Å². The SMILES string of the molecule is Cc1cn2c(nc3c2c(=O)n(CC=Cc2ccccc2)c(=O)n3C)[nH]1. The van der Waals surface area contributed by atoms with Crippen LogP contribution in [0.5, 0.6) is 0 Å². The molecule has 1 aromatic carbocycles. The molecular weight excluding hydrogens is 318 g/mol. The van der Waals surface area contributed by atoms with Gasteiger partial charge >= 0.3 is 5.69 Å². The molecule has 0 spiro atoms. The van der Waals surface area contributed by atoms with Crippen LogP contribution in [0.1, 0.15) is 11.3 Å². The highest BCUT2D eigenvalue weighted by Gasteiger charge is 2.17. The van der Waals surface area contributed by atoms with E-state index in [9.17, 15) is 9.59 Å². The van der Waals surface area contributed by atoms with Crippen LogP contribution in [-0.2, 0) is 13.6 Å². The summed E-state index contributed by atoms with van der Waals surface area (Å²) in [5.74, 6) is 0.553. The van der Waals surface area contributed by atoms with Crippen LogP contribution in [0.15, 0.2) is 52.2 Å². The van der Waals surface area contributed by atoms with Gasteiger partial charge in [-0.1, -0.05) is 42.5 Å². The molecule has 4 aromatic rings. The molecule has 0 unspecified atom stereocenters. The largest absolute Gasteiger partial charge is 0.332 e. The molecule has 25 heavy (non-hydrogen) atoms. The average molecular weight is 335 g/mol. The van der Waals surface area contributed by atoms with E-state index in [1.54, 1.807) is 17.6 Å². The first-order valence-electron chi connectivity index (χ1n) is 7.95. The van der Waals surface area contributed by atoms with Gasteiger partial charge in [0, 0.05) is 25.5 Å². The number of aromatic amines is 1. The number of rotatable bonds is 3. The van der Waals surface area contributed by atoms with Crippen molar-refractivity contribution in [1.29, 1.82) is 0 Å². The van der Waals surface area contributed by atoms with Gasteiger partial charge in [-0.15, -0.1) is 0 Å². The number of nitrogens with one attached hydrogen (secondary N) is 1. The van der Waals surface area contributed by atoms with Gasteiger partial charge < -0.3 is 4.98 Å². The van der Waals surface area contributed by atoms with Crippen molar-refractivity contribution in [1.82, 2.24) is 23.5 Å². The van der Waals surface area contributed by atoms with Crippen LogP contribution >= 0.6 is 0 Å². The van der Waals surface area contributed by atoms with E-state index in [-0.39, 0.29) is 17.8 Å². The molecule has 0 aliphatic rings. The number of aromatic nitrogens is 5. The summed E-state index contributed by atoms with van der Waals surface area (Å²) in [6.45, 7) is 2.09. The van der Waals surface area contributed by atoms with Gasteiger partial charge in [0.15, 0.2) is 11.2 Å². The zero-order valence-electron chi connectivity index (χ0n) is 13.9. The molecule has 0 saturated carbocycles. The van der Waals surface area contributed by atoms with Crippen molar-refractivity contribution in [2.75, 3.05) is 0 Å². The summed E-state index contributed by atoms with van der Waals surface area (Å²) in [7, 11) is 1.63. The summed E-state index contributed by atoms with van der Waals surface area (Å²) in [5.41, 5.74) is 1.96. The number of imidazole rings is 2. The van der Waals surface area contributed by atoms with Crippen molar-refractivity contribution < 1.29 is 0 Å². The topological polar surface area (TPSA) is 77.1 Å². The van der Waals surface area contributed by atoms with Gasteiger partial charge in [0.1, 0.15) is 0 Å². The molecule has 3 aromatic heterocycles. The van der Waals surface area contributed by atoms with E-state index in [2.05, 4.69) is 9.97 Å². The molecule has 0 bridgehead atoms. The van der Waals surface area contributed by atoms with Gasteiger partial charge in [-0.3, -0.25) is 18.3 Å². The van der Waals surface area contributed by atoms with E-state index >= 15 is 0 Å². The van der Waals surface area contributed by atoms with Crippen LogP contribution in [0.3, 0.4) is 0 Å². The molecule has 0 aliphatic heterocycles. The Bertz CT molecular complexity index is 1220. The first kappa shape index (κ1) is 15.2. The highest BCUT2D eigenvalue weighted by Crippen LogP contribution is 2.11. The average Bonchev–Trinajstić information content (AvgIpc) is 3.13. The maximum atomic E-state index is 12.9. The molecule has 0 radical (unpaired) electrons. The highest BCUT2D eigenvalue weighted by atomic mass is 16.2. The Morgan fingerprint density at radius 3 is 2.72 bits per heavy atom. The van der Waals surface area contributed by atoms with Gasteiger partial charge in [-0.25, -0.2) is 4.79 Å². The summed E-state index contributed by atoms with van der Waals surface area (Å²) >= 11 is 0. The summed E-state index contributed by atoms with van der Waals surface area (Å²) in [5, 5.41) is 0. The number of benzene rings is 1. The van der Waals surface area contributed by atoms with Crippen LogP contribution in [0.4, 0.5) is 0 Å². The van der Waals surface area contributed by atoms with Gasteiger partial charge in [0.05, 0.1) is 0 Å². The molecule has 0 aliphatic carbocycles. The first-order chi connectivity index (χ1) is 12.1. The predicted octanol–water partition coefficient (Wildman–Crippen LogP) is 1.70. The second-order valence-corrected chi connectivity index (χ2v) is 5.99. The fourth-order valence-corrected chi connectivity index (χ4v) is 2.98. The lowest BCUT2D eigenvalue weighted by Crippen LogP contribution is -2.39. The Labute approximate surface area is 142 Å². The summed E-state index contributed by atoms with van der Waals surface area (Å²) in [4.78, 5) is 32.9. The maximum Gasteiger partial charge on any atom is 0.332 e. The zero-order chi connectivity index (χ0) is 17.6. The van der Waals surface area contributed by atoms with Crippen LogP contribution in [0.2, 0.25) is 0 Å². The fraction of sp³-hybridized carbons (Fsp3) is 0.167. The molecule has 0 amide bonds. The van der Waals surface area contributed by atoms with Gasteiger partial charge in [0.25, 0.3) is 5.56 Å². The fourth-order valence-electron chi connectivity index (χ4n) is 2.98. The minimum absolute atomic E-state index is 0.201. The van der Waals surface area contributed by atoms with Gasteiger partial charge in [-0.2, -0.15) is 4.98 Å². The standard InChI is InChI=1S/C18H17N5O2/c1-12-11-23-14-15(20-17(23)19-12)21(2)18(25)22(16(14)24)10-6-9-13-7-4-3-5-8-13/h3-9,11H,10H2,1-2H3,(H,19,20). The number of allylic oxidation sites excluding steroid dienone is 1. The minimum atomic E-state index is -0.382. The number of H-pyrrole nitrogens is 1. The number of hydrogen-bond acceptors (Lipinski definition) is 3. The lowest BCUT2D eigenvalue weighted by atomic mass is 10.2. The Morgan fingerprint density at radius 1 is 1.20 bits per heavy atom. The van der Waals surface area contributed by atoms with Crippen LogP contribution in [0, 0.1) is 6.92 Å². The third-order valence-electron chi connectivity index (χ3n) is 4.21. The predicted molar refractivity (Wildman–Crippen MR) is 96.8 cm³/mol. The lowest BCUT2D eigenvalue weighted by Gasteiger charge is -2.05. The van der Waals surface area contributed by atoms with Crippen molar-refractivity contribution in [2.24, 2.45) is 7.05 Å². The quantitative estimate of drug-likeness (QED) is 0.619. The third-order valence-corrected chi connectivity index (χ3v) is 4.21. The zero-order valence-corrected chi connectivity index (χ0v) is 13.9. The second kappa shape index (κ2) is 5.62. The molecule has 0 fully saturated rings. The molecule has 126 valence electrons. The van der Waals surface area contributed by atoms with Crippen molar-refractivity contribution in [3.63, 3.8) is 0 Å². The molecule has 3 heterocycles. The Morgan fingerprint density at radius 2 is 1.96 bits per heavy atom. The van der Waals surface area contributed by atoms with E-state index in [4.69, 9.17) is 0 Å². The van der Waals surface area contributed by atoms with Gasteiger partial charge in [-0.05, 0) is 12.5 Å². The van der Waals surface area contributed by atoms with Crippen LogP contribution in [-0.4, -0.2) is 23.5 Å². The number of aryl methyl sites for hydroxylation is 2. The Hall–Kier alpha value is -3.35. The molecular formula is C18H17N5O2. The van der Waals surface area contributed by atoms with Crippen LogP contribution < -0.4 is 11.2 Å². The number of hydrogen-bond donors (Lipinski definition) is 1. The third kappa shape index (κ3) is 2.40. The second-order valence-electron chi connectivity index (χ2n) is 5.99. The van der Waals surface area contributed by atoms with Crippen LogP contribution in [0.25, 0.3) is 23.0 Å². The smallest absolute Gasteiger partial charge is 0.328 e. The first-order valence-corrected chi connectivity index (χ1v) is 7.95. The maximum absolute atomic E-state index is 12.9. The molecule has 4 rings (SSSR count). The molecule has 1 N–H and O–H groups in total. The monoisotopic (exact) mass is 335 g/mol. The molecule has 0 saturated heterocycles. The van der Waals surface area contributed by atoms with Crippen molar-refractivity contribution in [3.05, 3.63) is 74.7 Å². The summed E-state index contributed by atoms with van der Waals surface area (Å²) in [6.07, 6.45) is 5.51. The van der Waals surface area contributed by atoms with E-state index in [0.717, 1.165) is 11.3 Å². The van der Waals surface area contributed by atoms with Gasteiger partial charge in [0.2, 0.25) is 5.78 Å². The van der Waals surface area contributed by atoms with E-state index in [0.29, 0.717) is 16.9 Å². The number of nitrogens with zero attached hydrogens (tertiary/aromatic N) is 4. The highest BCUT2D eigenvalue weighted by molar-refractivity contribution is 5.75. The lowest BCUT2D eigenvalue weighted by molar-refractivity contribution is 0.668. The van der Waals surface area contributed by atoms with Crippen molar-refractivity contribution in [3.8, 4) is 0 Å². The van der Waals surface area contributed by atoms with E-state index < -0.39 is 0 Å². The summed E-state index contributed by atoms with van der Waals surface area (Å²) in [6, 6.07) is 9.74. The van der Waals surface area contributed by atoms with Crippen molar-refractivity contribution in [2.45, 2.75) is 13.5 Å². The number of fused-ring (bicyclic) bond motifs is 3. The minimum Gasteiger partial charge on any atom is -0.328 e. The summed E-state index contributed by atoms with van der Waals surface area (Å²) < 4.78 is 4.32. The molecule has 7 nitrogen and oxygen atoms in total. The van der Waals surface area contributed by atoms with Crippen molar-refractivity contribution >= 4 is 23.0 Å². The normalized spacial score (nSPS) is 11.9. The molecule has 0 atom stereocenters. The Balaban J connectivity index is 1.86. The molecule has 7 heteroatoms. The Kier molecular flexibility index (Phi) is 3.42. The van der Waals surface area contributed by atoms with E-state index in [1.807, 2.05) is 49.4 Å².